The van der Waals surface area contributed by atoms with Crippen molar-refractivity contribution in [3.8, 4) is 22.6 Å². The van der Waals surface area contributed by atoms with E-state index in [1.807, 2.05) is 37.4 Å². The van der Waals surface area contributed by atoms with Gasteiger partial charge in [0, 0.05) is 11.6 Å². The summed E-state index contributed by atoms with van der Waals surface area (Å²) in [6, 6.07) is 11.1. The normalized spacial score (nSPS) is 10.6. The molecule has 0 radical (unpaired) electrons. The lowest BCUT2D eigenvalue weighted by Crippen LogP contribution is -2.11. The first-order valence-corrected chi connectivity index (χ1v) is 6.87. The number of nitrogens with one attached hydrogen (secondary N) is 1. The van der Waals surface area contributed by atoms with Gasteiger partial charge in [-0.05, 0) is 47.1 Å². The Hall–Kier alpha value is -1.52. The summed E-state index contributed by atoms with van der Waals surface area (Å²) in [6.07, 6.45) is 0.712. The minimum atomic E-state index is 0.0586. The van der Waals surface area contributed by atoms with E-state index in [1.165, 1.54) is 6.07 Å². The predicted octanol–water partition coefficient (Wildman–Crippen LogP) is 3.29. The van der Waals surface area contributed by atoms with E-state index in [2.05, 4.69) is 21.2 Å². The first-order chi connectivity index (χ1) is 9.15. The highest BCUT2D eigenvalue weighted by atomic mass is 79.9. The van der Waals surface area contributed by atoms with Crippen molar-refractivity contribution in [1.82, 2.24) is 5.32 Å². The van der Waals surface area contributed by atoms with Gasteiger partial charge in [-0.15, -0.1) is 0 Å². The van der Waals surface area contributed by atoms with Crippen LogP contribution in [0.5, 0.6) is 11.5 Å². The van der Waals surface area contributed by atoms with E-state index in [0.29, 0.717) is 10.9 Å². The van der Waals surface area contributed by atoms with Gasteiger partial charge in [0.15, 0.2) is 0 Å². The van der Waals surface area contributed by atoms with Crippen LogP contribution in [0.1, 0.15) is 5.56 Å². The topological polar surface area (TPSA) is 52.5 Å². The van der Waals surface area contributed by atoms with Gasteiger partial charge in [0.1, 0.15) is 11.5 Å². The van der Waals surface area contributed by atoms with Gasteiger partial charge in [0.25, 0.3) is 0 Å². The second-order valence-electron chi connectivity index (χ2n) is 4.30. The molecule has 2 aromatic rings. The van der Waals surface area contributed by atoms with Crippen molar-refractivity contribution in [3.05, 3.63) is 46.4 Å². The number of halogens is 1. The van der Waals surface area contributed by atoms with Gasteiger partial charge in [-0.3, -0.25) is 0 Å². The Morgan fingerprint density at radius 1 is 1.11 bits per heavy atom. The smallest absolute Gasteiger partial charge is 0.133 e. The number of phenols is 2. The molecule has 0 aromatic heterocycles. The Labute approximate surface area is 121 Å². The lowest BCUT2D eigenvalue weighted by molar-refractivity contribution is 0.448. The van der Waals surface area contributed by atoms with E-state index in [-0.39, 0.29) is 11.5 Å². The molecule has 0 aliphatic heterocycles. The highest BCUT2D eigenvalue weighted by molar-refractivity contribution is 9.10. The summed E-state index contributed by atoms with van der Waals surface area (Å²) in [5, 5.41) is 23.0. The van der Waals surface area contributed by atoms with E-state index in [4.69, 9.17) is 0 Å². The fourth-order valence-electron chi connectivity index (χ4n) is 2.10. The number of hydrogen-bond donors (Lipinski definition) is 3. The molecule has 3 N–H and O–H groups in total. The summed E-state index contributed by atoms with van der Waals surface area (Å²) in [4.78, 5) is 0. The molecule has 0 spiro atoms. The molecule has 0 amide bonds. The molecular weight excluding hydrogens is 306 g/mol. The van der Waals surface area contributed by atoms with Crippen molar-refractivity contribution < 1.29 is 10.2 Å². The predicted molar refractivity (Wildman–Crippen MR) is 80.5 cm³/mol. The van der Waals surface area contributed by atoms with Gasteiger partial charge in [0.2, 0.25) is 0 Å². The largest absolute Gasteiger partial charge is 0.507 e. The third-order valence-electron chi connectivity index (χ3n) is 3.01. The minimum absolute atomic E-state index is 0.0586. The third kappa shape index (κ3) is 2.91. The zero-order valence-corrected chi connectivity index (χ0v) is 12.2. The molecule has 0 bridgehead atoms. The van der Waals surface area contributed by atoms with Crippen molar-refractivity contribution >= 4 is 15.9 Å². The fraction of sp³-hybridized carbons (Fsp3) is 0.200. The van der Waals surface area contributed by atoms with Gasteiger partial charge >= 0.3 is 0 Å². The number of aromatic hydroxyl groups is 2. The minimum Gasteiger partial charge on any atom is -0.507 e. The molecule has 0 saturated carbocycles. The van der Waals surface area contributed by atoms with Crippen molar-refractivity contribution in [2.45, 2.75) is 6.42 Å². The quantitative estimate of drug-likeness (QED) is 0.810. The molecule has 0 heterocycles. The van der Waals surface area contributed by atoms with Crippen LogP contribution in [0.2, 0.25) is 0 Å². The molecule has 0 atom stereocenters. The molecule has 0 aliphatic carbocycles. The molecule has 2 rings (SSSR count). The summed E-state index contributed by atoms with van der Waals surface area (Å²) in [5.74, 6) is 0.154. The van der Waals surface area contributed by atoms with Crippen LogP contribution in [0.4, 0.5) is 0 Å². The number of hydrogen-bond acceptors (Lipinski definition) is 3. The van der Waals surface area contributed by atoms with Crippen LogP contribution >= 0.6 is 15.9 Å². The first-order valence-electron chi connectivity index (χ1n) is 6.08. The van der Waals surface area contributed by atoms with Gasteiger partial charge in [-0.2, -0.15) is 0 Å². The second kappa shape index (κ2) is 6.08. The van der Waals surface area contributed by atoms with Crippen molar-refractivity contribution in [1.29, 1.82) is 0 Å². The third-order valence-corrected chi connectivity index (χ3v) is 3.89. The Kier molecular flexibility index (Phi) is 4.45. The molecule has 19 heavy (non-hydrogen) atoms. The standard InChI is InChI=1S/C15H16BrNO2/c1-17-8-7-11-14(10-5-3-2-4-6-10)12(18)9-13(19)15(11)16/h2-6,9,17-19H,7-8H2,1H3. The Morgan fingerprint density at radius 2 is 1.79 bits per heavy atom. The molecule has 4 heteroatoms. The molecule has 100 valence electrons. The molecule has 3 nitrogen and oxygen atoms in total. The number of benzene rings is 2. The van der Waals surface area contributed by atoms with Gasteiger partial charge in [-0.25, -0.2) is 0 Å². The maximum atomic E-state index is 10.1. The van der Waals surface area contributed by atoms with E-state index in [1.54, 1.807) is 0 Å². The Balaban J connectivity index is 2.61. The molecule has 0 unspecified atom stereocenters. The van der Waals surface area contributed by atoms with Crippen LogP contribution in [-0.4, -0.2) is 23.8 Å². The average Bonchev–Trinajstić information content (AvgIpc) is 2.42. The van der Waals surface area contributed by atoms with Gasteiger partial charge in [-0.1, -0.05) is 30.3 Å². The van der Waals surface area contributed by atoms with Crippen molar-refractivity contribution in [2.75, 3.05) is 13.6 Å². The highest BCUT2D eigenvalue weighted by Crippen LogP contribution is 2.42. The van der Waals surface area contributed by atoms with Crippen LogP contribution in [0.15, 0.2) is 40.9 Å². The van der Waals surface area contributed by atoms with Crippen LogP contribution in [-0.2, 0) is 6.42 Å². The average molecular weight is 322 g/mol. The molecule has 0 aliphatic rings. The van der Waals surface area contributed by atoms with E-state index >= 15 is 0 Å². The molecule has 2 aromatic carbocycles. The van der Waals surface area contributed by atoms with Crippen LogP contribution < -0.4 is 5.32 Å². The van der Waals surface area contributed by atoms with E-state index in [0.717, 1.165) is 23.2 Å². The molecule has 0 fully saturated rings. The molecule has 0 saturated heterocycles. The lowest BCUT2D eigenvalue weighted by Gasteiger charge is -2.15. The summed E-state index contributed by atoms with van der Waals surface area (Å²) in [7, 11) is 1.87. The van der Waals surface area contributed by atoms with Gasteiger partial charge < -0.3 is 15.5 Å². The number of phenolic OH excluding ortho intramolecular Hbond substituents is 2. The maximum absolute atomic E-state index is 10.1. The van der Waals surface area contributed by atoms with Crippen LogP contribution in [0, 0.1) is 0 Å². The monoisotopic (exact) mass is 321 g/mol. The van der Waals surface area contributed by atoms with E-state index < -0.39 is 0 Å². The SMILES string of the molecule is CNCCc1c(Br)c(O)cc(O)c1-c1ccccc1. The fourth-order valence-corrected chi connectivity index (χ4v) is 2.61. The zero-order chi connectivity index (χ0) is 13.8. The lowest BCUT2D eigenvalue weighted by atomic mass is 9.96. The summed E-state index contributed by atoms with van der Waals surface area (Å²) >= 11 is 3.40. The molecular formula is C15H16BrNO2. The van der Waals surface area contributed by atoms with Crippen molar-refractivity contribution in [2.24, 2.45) is 0 Å². The summed E-state index contributed by atoms with van der Waals surface area (Å²) < 4.78 is 0.638. The van der Waals surface area contributed by atoms with E-state index in [9.17, 15) is 10.2 Å². The first kappa shape index (κ1) is 13.9. The number of likely N-dealkylation sites (N-methyl/N-ethyl adjacent to an activating group) is 1. The maximum Gasteiger partial charge on any atom is 0.133 e. The Morgan fingerprint density at radius 3 is 2.42 bits per heavy atom. The van der Waals surface area contributed by atoms with Crippen LogP contribution in [0.25, 0.3) is 11.1 Å². The summed E-state index contributed by atoms with van der Waals surface area (Å²) in [6.45, 7) is 0.765. The van der Waals surface area contributed by atoms with Crippen LogP contribution in [0.3, 0.4) is 0 Å². The number of rotatable bonds is 4. The second-order valence-corrected chi connectivity index (χ2v) is 5.09. The zero-order valence-electron chi connectivity index (χ0n) is 10.7. The van der Waals surface area contributed by atoms with Crippen molar-refractivity contribution in [3.63, 3.8) is 0 Å². The summed E-state index contributed by atoms with van der Waals surface area (Å²) in [5.41, 5.74) is 2.60. The Bertz CT molecular complexity index is 570. The highest BCUT2D eigenvalue weighted by Gasteiger charge is 2.16. The van der Waals surface area contributed by atoms with Gasteiger partial charge in [0.05, 0.1) is 4.47 Å².